The Bertz CT molecular complexity index is 812. The van der Waals surface area contributed by atoms with Crippen molar-refractivity contribution >= 4 is 5.82 Å². The molecule has 0 amide bonds. The molecular weight excluding hydrogens is 328 g/mol. The van der Waals surface area contributed by atoms with Crippen molar-refractivity contribution in [1.82, 2.24) is 24.6 Å². The number of ether oxygens (including phenoxy) is 1. The van der Waals surface area contributed by atoms with E-state index < -0.39 is 0 Å². The average molecular weight is 350 g/mol. The van der Waals surface area contributed by atoms with Crippen molar-refractivity contribution in [2.24, 2.45) is 0 Å². The van der Waals surface area contributed by atoms with Crippen molar-refractivity contribution in [3.8, 4) is 5.69 Å². The van der Waals surface area contributed by atoms with Crippen molar-refractivity contribution in [2.75, 3.05) is 31.6 Å². The van der Waals surface area contributed by atoms with E-state index in [9.17, 15) is 0 Å². The highest BCUT2D eigenvalue weighted by atomic mass is 16.5. The SMILES string of the molecule is c1ncc(-n2ccc(NCc3ccc(CN4CCOCC4)cc3)n2)cn1. The molecule has 1 aliphatic rings. The molecule has 0 bridgehead atoms. The molecule has 26 heavy (non-hydrogen) atoms. The molecule has 0 atom stereocenters. The zero-order valence-corrected chi connectivity index (χ0v) is 14.6. The first kappa shape index (κ1) is 16.7. The molecule has 1 aromatic carbocycles. The Morgan fingerprint density at radius 2 is 1.69 bits per heavy atom. The van der Waals surface area contributed by atoms with Gasteiger partial charge >= 0.3 is 0 Å². The molecule has 0 spiro atoms. The highest BCUT2D eigenvalue weighted by molar-refractivity contribution is 5.37. The van der Waals surface area contributed by atoms with E-state index in [1.807, 2.05) is 12.3 Å². The summed E-state index contributed by atoms with van der Waals surface area (Å²) in [5, 5.41) is 7.85. The van der Waals surface area contributed by atoms with Gasteiger partial charge in [-0.25, -0.2) is 14.6 Å². The Labute approximate surface area is 152 Å². The molecule has 3 aromatic rings. The number of nitrogens with one attached hydrogen (secondary N) is 1. The monoisotopic (exact) mass is 350 g/mol. The van der Waals surface area contributed by atoms with Crippen LogP contribution in [0.1, 0.15) is 11.1 Å². The Balaban J connectivity index is 1.31. The summed E-state index contributed by atoms with van der Waals surface area (Å²) in [5.41, 5.74) is 3.41. The molecule has 0 saturated carbocycles. The van der Waals surface area contributed by atoms with Gasteiger partial charge in [0.05, 0.1) is 25.6 Å². The van der Waals surface area contributed by atoms with E-state index in [0.29, 0.717) is 0 Å². The van der Waals surface area contributed by atoms with E-state index in [-0.39, 0.29) is 0 Å². The summed E-state index contributed by atoms with van der Waals surface area (Å²) < 4.78 is 7.15. The van der Waals surface area contributed by atoms with E-state index in [1.165, 1.54) is 17.5 Å². The maximum absolute atomic E-state index is 5.40. The van der Waals surface area contributed by atoms with Gasteiger partial charge in [-0.3, -0.25) is 4.90 Å². The number of nitrogens with zero attached hydrogens (tertiary/aromatic N) is 5. The molecule has 2 aromatic heterocycles. The van der Waals surface area contributed by atoms with E-state index in [4.69, 9.17) is 4.74 Å². The molecule has 1 aliphatic heterocycles. The van der Waals surface area contributed by atoms with Crippen molar-refractivity contribution in [3.63, 3.8) is 0 Å². The molecule has 3 heterocycles. The molecule has 0 unspecified atom stereocenters. The third kappa shape index (κ3) is 4.25. The Hall–Kier alpha value is -2.77. The van der Waals surface area contributed by atoms with Crippen LogP contribution in [0.5, 0.6) is 0 Å². The minimum absolute atomic E-state index is 0.736. The van der Waals surface area contributed by atoms with Crippen LogP contribution >= 0.6 is 0 Å². The van der Waals surface area contributed by atoms with Crippen LogP contribution in [0.4, 0.5) is 5.82 Å². The molecule has 7 heteroatoms. The summed E-state index contributed by atoms with van der Waals surface area (Å²) in [5.74, 6) is 0.825. The largest absolute Gasteiger partial charge is 0.379 e. The average Bonchev–Trinajstić information content (AvgIpc) is 3.18. The fraction of sp³-hybridized carbons (Fsp3) is 0.316. The summed E-state index contributed by atoms with van der Waals surface area (Å²) in [6.07, 6.45) is 6.87. The second-order valence-electron chi connectivity index (χ2n) is 6.30. The first-order chi connectivity index (χ1) is 12.9. The maximum atomic E-state index is 5.40. The predicted molar refractivity (Wildman–Crippen MR) is 99.0 cm³/mol. The second-order valence-corrected chi connectivity index (χ2v) is 6.30. The van der Waals surface area contributed by atoms with Crippen molar-refractivity contribution in [3.05, 3.63) is 66.4 Å². The standard InChI is InChI=1S/C19H22N6O/c1-3-17(14-24-7-9-26-10-8-24)4-2-16(1)11-22-19-5-6-25(23-19)18-12-20-15-21-13-18/h1-6,12-13,15H,7-11,14H2,(H,22,23). The number of hydrogen-bond acceptors (Lipinski definition) is 6. The lowest BCUT2D eigenvalue weighted by molar-refractivity contribution is 0.0342. The van der Waals surface area contributed by atoms with E-state index >= 15 is 0 Å². The number of benzene rings is 1. The Morgan fingerprint density at radius 1 is 0.962 bits per heavy atom. The van der Waals surface area contributed by atoms with E-state index in [2.05, 4.69) is 49.5 Å². The summed E-state index contributed by atoms with van der Waals surface area (Å²) in [4.78, 5) is 10.4. The molecular formula is C19H22N6O. The van der Waals surface area contributed by atoms with Gasteiger partial charge in [0.2, 0.25) is 0 Å². The van der Waals surface area contributed by atoms with Crippen LogP contribution in [-0.4, -0.2) is 51.0 Å². The lowest BCUT2D eigenvalue weighted by Crippen LogP contribution is -2.35. The van der Waals surface area contributed by atoms with Gasteiger partial charge in [-0.1, -0.05) is 24.3 Å². The van der Waals surface area contributed by atoms with Gasteiger partial charge in [-0.15, -0.1) is 0 Å². The highest BCUT2D eigenvalue weighted by Gasteiger charge is 2.10. The molecule has 1 saturated heterocycles. The highest BCUT2D eigenvalue weighted by Crippen LogP contribution is 2.12. The smallest absolute Gasteiger partial charge is 0.148 e. The fourth-order valence-corrected chi connectivity index (χ4v) is 2.94. The molecule has 1 fully saturated rings. The first-order valence-electron chi connectivity index (χ1n) is 8.80. The lowest BCUT2D eigenvalue weighted by Gasteiger charge is -2.26. The van der Waals surface area contributed by atoms with Crippen LogP contribution in [0, 0.1) is 0 Å². The molecule has 7 nitrogen and oxygen atoms in total. The van der Waals surface area contributed by atoms with E-state index in [1.54, 1.807) is 17.1 Å². The summed E-state index contributed by atoms with van der Waals surface area (Å²) in [7, 11) is 0. The van der Waals surface area contributed by atoms with Crippen molar-refractivity contribution < 1.29 is 4.74 Å². The van der Waals surface area contributed by atoms with Crippen molar-refractivity contribution in [2.45, 2.75) is 13.1 Å². The van der Waals surface area contributed by atoms with Crippen molar-refractivity contribution in [1.29, 1.82) is 0 Å². The zero-order chi connectivity index (χ0) is 17.6. The molecule has 134 valence electrons. The van der Waals surface area contributed by atoms with Gasteiger partial charge in [0.25, 0.3) is 0 Å². The first-order valence-corrected chi connectivity index (χ1v) is 8.80. The topological polar surface area (TPSA) is 68.1 Å². The number of morpholine rings is 1. The molecule has 0 aliphatic carbocycles. The zero-order valence-electron chi connectivity index (χ0n) is 14.6. The van der Waals surface area contributed by atoms with Crippen LogP contribution < -0.4 is 5.32 Å². The number of aromatic nitrogens is 4. The Morgan fingerprint density at radius 3 is 2.46 bits per heavy atom. The minimum atomic E-state index is 0.736. The van der Waals surface area contributed by atoms with Crippen LogP contribution in [0.15, 0.2) is 55.2 Å². The number of anilines is 1. The molecule has 1 N–H and O–H groups in total. The van der Waals surface area contributed by atoms with Gasteiger partial charge in [0.15, 0.2) is 0 Å². The van der Waals surface area contributed by atoms with Crippen LogP contribution in [0.3, 0.4) is 0 Å². The van der Waals surface area contributed by atoms with Crippen LogP contribution in [-0.2, 0) is 17.8 Å². The minimum Gasteiger partial charge on any atom is -0.379 e. The second kappa shape index (κ2) is 8.07. The Kier molecular flexibility index (Phi) is 5.18. The van der Waals surface area contributed by atoms with Crippen LogP contribution in [0.25, 0.3) is 5.69 Å². The maximum Gasteiger partial charge on any atom is 0.148 e. The third-order valence-electron chi connectivity index (χ3n) is 4.41. The quantitative estimate of drug-likeness (QED) is 0.734. The number of hydrogen-bond donors (Lipinski definition) is 1. The van der Waals surface area contributed by atoms with Gasteiger partial charge in [-0.2, -0.15) is 5.10 Å². The van der Waals surface area contributed by atoms with Gasteiger partial charge < -0.3 is 10.1 Å². The summed E-state index contributed by atoms with van der Waals surface area (Å²) >= 11 is 0. The van der Waals surface area contributed by atoms with Crippen LogP contribution in [0.2, 0.25) is 0 Å². The molecule has 4 rings (SSSR count). The van der Waals surface area contributed by atoms with Gasteiger partial charge in [0, 0.05) is 38.4 Å². The molecule has 0 radical (unpaired) electrons. The van der Waals surface area contributed by atoms with Gasteiger partial charge in [-0.05, 0) is 11.1 Å². The lowest BCUT2D eigenvalue weighted by atomic mass is 10.1. The fourth-order valence-electron chi connectivity index (χ4n) is 2.94. The third-order valence-corrected chi connectivity index (χ3v) is 4.41. The van der Waals surface area contributed by atoms with E-state index in [0.717, 1.165) is 50.9 Å². The predicted octanol–water partition coefficient (Wildman–Crippen LogP) is 2.11. The summed E-state index contributed by atoms with van der Waals surface area (Å²) in [6, 6.07) is 10.7. The summed E-state index contributed by atoms with van der Waals surface area (Å²) in [6.45, 7) is 5.42. The number of rotatable bonds is 6. The van der Waals surface area contributed by atoms with Gasteiger partial charge in [0.1, 0.15) is 17.8 Å². The normalized spacial score (nSPS) is 15.1.